The van der Waals surface area contributed by atoms with Crippen molar-refractivity contribution in [3.8, 4) is 0 Å². The molecule has 0 spiro atoms. The molecule has 84 valence electrons. The SMILES string of the molecule is CCOCCNCC1CCN(C)CC1. The molecular formula is C11H24N2O. The van der Waals surface area contributed by atoms with Crippen molar-refractivity contribution in [2.24, 2.45) is 5.92 Å². The Morgan fingerprint density at radius 2 is 2.07 bits per heavy atom. The molecule has 1 aliphatic heterocycles. The molecule has 1 fully saturated rings. The Labute approximate surface area is 87.8 Å². The Balaban J connectivity index is 1.91. The number of hydrogen-bond donors (Lipinski definition) is 1. The third kappa shape index (κ3) is 4.94. The predicted octanol–water partition coefficient (Wildman–Crippen LogP) is 0.954. The molecule has 1 saturated heterocycles. The van der Waals surface area contributed by atoms with Crippen LogP contribution in [0.2, 0.25) is 0 Å². The maximum absolute atomic E-state index is 5.27. The van der Waals surface area contributed by atoms with Crippen LogP contribution in [0.1, 0.15) is 19.8 Å². The Morgan fingerprint density at radius 1 is 1.36 bits per heavy atom. The molecule has 14 heavy (non-hydrogen) atoms. The van der Waals surface area contributed by atoms with Crippen molar-refractivity contribution in [2.75, 3.05) is 46.4 Å². The first-order valence-electron chi connectivity index (χ1n) is 5.80. The maximum atomic E-state index is 5.27. The lowest BCUT2D eigenvalue weighted by atomic mass is 9.97. The molecular weight excluding hydrogens is 176 g/mol. The van der Waals surface area contributed by atoms with Crippen LogP contribution in [0.3, 0.4) is 0 Å². The Bertz CT molecular complexity index is 133. The van der Waals surface area contributed by atoms with Crippen LogP contribution in [0, 0.1) is 5.92 Å². The third-order valence-electron chi connectivity index (χ3n) is 2.90. The summed E-state index contributed by atoms with van der Waals surface area (Å²) >= 11 is 0. The van der Waals surface area contributed by atoms with Crippen LogP contribution in [0.5, 0.6) is 0 Å². The van der Waals surface area contributed by atoms with Crippen LogP contribution in [0.25, 0.3) is 0 Å². The van der Waals surface area contributed by atoms with E-state index in [0.29, 0.717) is 0 Å². The highest BCUT2D eigenvalue weighted by molar-refractivity contribution is 4.71. The highest BCUT2D eigenvalue weighted by atomic mass is 16.5. The van der Waals surface area contributed by atoms with Gasteiger partial charge in [-0.15, -0.1) is 0 Å². The molecule has 0 bridgehead atoms. The zero-order valence-electron chi connectivity index (χ0n) is 9.59. The zero-order chi connectivity index (χ0) is 10.2. The fourth-order valence-corrected chi connectivity index (χ4v) is 1.86. The monoisotopic (exact) mass is 200 g/mol. The number of likely N-dealkylation sites (tertiary alicyclic amines) is 1. The number of rotatable bonds is 6. The number of hydrogen-bond acceptors (Lipinski definition) is 3. The summed E-state index contributed by atoms with van der Waals surface area (Å²) in [6.45, 7) is 8.41. The van der Waals surface area contributed by atoms with Crippen LogP contribution in [-0.2, 0) is 4.74 Å². The van der Waals surface area contributed by atoms with Crippen molar-refractivity contribution in [3.05, 3.63) is 0 Å². The van der Waals surface area contributed by atoms with Crippen molar-refractivity contribution in [1.82, 2.24) is 10.2 Å². The molecule has 0 aromatic heterocycles. The Hall–Kier alpha value is -0.120. The summed E-state index contributed by atoms with van der Waals surface area (Å²) in [6.07, 6.45) is 2.69. The normalized spacial score (nSPS) is 20.1. The first kappa shape index (κ1) is 12.0. The van der Waals surface area contributed by atoms with Gasteiger partial charge in [-0.05, 0) is 52.4 Å². The zero-order valence-corrected chi connectivity index (χ0v) is 9.59. The topological polar surface area (TPSA) is 24.5 Å². The average molecular weight is 200 g/mol. The molecule has 1 N–H and O–H groups in total. The Morgan fingerprint density at radius 3 is 2.71 bits per heavy atom. The van der Waals surface area contributed by atoms with Crippen molar-refractivity contribution in [3.63, 3.8) is 0 Å². The van der Waals surface area contributed by atoms with E-state index in [1.165, 1.54) is 32.5 Å². The van der Waals surface area contributed by atoms with Gasteiger partial charge in [-0.2, -0.15) is 0 Å². The van der Waals surface area contributed by atoms with Crippen molar-refractivity contribution in [2.45, 2.75) is 19.8 Å². The van der Waals surface area contributed by atoms with Crippen LogP contribution < -0.4 is 5.32 Å². The van der Waals surface area contributed by atoms with E-state index in [2.05, 4.69) is 17.3 Å². The fourth-order valence-electron chi connectivity index (χ4n) is 1.86. The van der Waals surface area contributed by atoms with Crippen molar-refractivity contribution in [1.29, 1.82) is 0 Å². The molecule has 3 heteroatoms. The predicted molar refractivity (Wildman–Crippen MR) is 59.6 cm³/mol. The number of nitrogens with zero attached hydrogens (tertiary/aromatic N) is 1. The van der Waals surface area contributed by atoms with Crippen LogP contribution in [-0.4, -0.2) is 51.3 Å². The summed E-state index contributed by atoms with van der Waals surface area (Å²) in [7, 11) is 2.21. The average Bonchev–Trinajstić information content (AvgIpc) is 2.21. The maximum Gasteiger partial charge on any atom is 0.0590 e. The molecule has 1 rings (SSSR count). The van der Waals surface area contributed by atoms with Gasteiger partial charge in [0.25, 0.3) is 0 Å². The van der Waals surface area contributed by atoms with E-state index < -0.39 is 0 Å². The van der Waals surface area contributed by atoms with Crippen LogP contribution in [0.4, 0.5) is 0 Å². The second-order valence-corrected chi connectivity index (χ2v) is 4.15. The summed E-state index contributed by atoms with van der Waals surface area (Å²) in [5.41, 5.74) is 0. The standard InChI is InChI=1S/C11H24N2O/c1-3-14-9-6-12-10-11-4-7-13(2)8-5-11/h11-12H,3-10H2,1-2H3. The van der Waals surface area contributed by atoms with Gasteiger partial charge in [0, 0.05) is 13.2 Å². The van der Waals surface area contributed by atoms with Gasteiger partial charge in [0.15, 0.2) is 0 Å². The minimum atomic E-state index is 0.829. The summed E-state index contributed by atoms with van der Waals surface area (Å²) in [5.74, 6) is 0.882. The summed E-state index contributed by atoms with van der Waals surface area (Å²) in [5, 5.41) is 3.46. The van der Waals surface area contributed by atoms with E-state index in [9.17, 15) is 0 Å². The van der Waals surface area contributed by atoms with E-state index in [1.807, 2.05) is 6.92 Å². The number of piperidine rings is 1. The second-order valence-electron chi connectivity index (χ2n) is 4.15. The lowest BCUT2D eigenvalue weighted by Gasteiger charge is -2.29. The van der Waals surface area contributed by atoms with Gasteiger partial charge < -0.3 is 15.0 Å². The first-order chi connectivity index (χ1) is 6.83. The molecule has 0 amide bonds. The number of nitrogens with one attached hydrogen (secondary N) is 1. The van der Waals surface area contributed by atoms with Crippen molar-refractivity contribution < 1.29 is 4.74 Å². The van der Waals surface area contributed by atoms with Crippen LogP contribution in [0.15, 0.2) is 0 Å². The van der Waals surface area contributed by atoms with E-state index in [0.717, 1.165) is 25.7 Å². The molecule has 0 aromatic carbocycles. The first-order valence-corrected chi connectivity index (χ1v) is 5.80. The van der Waals surface area contributed by atoms with E-state index in [1.54, 1.807) is 0 Å². The fraction of sp³-hybridized carbons (Fsp3) is 1.00. The van der Waals surface area contributed by atoms with Crippen molar-refractivity contribution >= 4 is 0 Å². The van der Waals surface area contributed by atoms with E-state index in [-0.39, 0.29) is 0 Å². The summed E-state index contributed by atoms with van der Waals surface area (Å²) < 4.78 is 5.27. The van der Waals surface area contributed by atoms with Gasteiger partial charge in [0.05, 0.1) is 6.61 Å². The van der Waals surface area contributed by atoms with E-state index in [4.69, 9.17) is 4.74 Å². The molecule has 0 aromatic rings. The van der Waals surface area contributed by atoms with Gasteiger partial charge in [0.2, 0.25) is 0 Å². The molecule has 0 saturated carbocycles. The smallest absolute Gasteiger partial charge is 0.0590 e. The number of ether oxygens (including phenoxy) is 1. The van der Waals surface area contributed by atoms with Gasteiger partial charge >= 0.3 is 0 Å². The van der Waals surface area contributed by atoms with Crippen LogP contribution >= 0.6 is 0 Å². The lowest BCUT2D eigenvalue weighted by Crippen LogP contribution is -2.35. The molecule has 1 heterocycles. The summed E-state index contributed by atoms with van der Waals surface area (Å²) in [6, 6.07) is 0. The quantitative estimate of drug-likeness (QED) is 0.646. The van der Waals surface area contributed by atoms with Gasteiger partial charge in [0.1, 0.15) is 0 Å². The molecule has 0 unspecified atom stereocenters. The summed E-state index contributed by atoms with van der Waals surface area (Å²) in [4.78, 5) is 2.41. The van der Waals surface area contributed by atoms with Gasteiger partial charge in [-0.25, -0.2) is 0 Å². The molecule has 3 nitrogen and oxygen atoms in total. The lowest BCUT2D eigenvalue weighted by molar-refractivity contribution is 0.146. The molecule has 0 atom stereocenters. The van der Waals surface area contributed by atoms with Gasteiger partial charge in [-0.1, -0.05) is 0 Å². The minimum absolute atomic E-state index is 0.829. The molecule has 0 aliphatic carbocycles. The second kappa shape index (κ2) is 7.21. The van der Waals surface area contributed by atoms with E-state index >= 15 is 0 Å². The minimum Gasteiger partial charge on any atom is -0.380 e. The van der Waals surface area contributed by atoms with Gasteiger partial charge in [-0.3, -0.25) is 0 Å². The highest BCUT2D eigenvalue weighted by Crippen LogP contribution is 2.14. The highest BCUT2D eigenvalue weighted by Gasteiger charge is 2.15. The largest absolute Gasteiger partial charge is 0.380 e. The molecule has 0 radical (unpaired) electrons. The third-order valence-corrected chi connectivity index (χ3v) is 2.90. The molecule has 1 aliphatic rings. The Kier molecular flexibility index (Phi) is 6.15.